The van der Waals surface area contributed by atoms with Gasteiger partial charge in [-0.1, -0.05) is 43.7 Å². The smallest absolute Gasteiger partial charge is 0.309 e. The largest absolute Gasteiger partial charge is 0.464 e. The van der Waals surface area contributed by atoms with Crippen molar-refractivity contribution in [2.45, 2.75) is 63.5 Å². The van der Waals surface area contributed by atoms with Crippen LogP contribution in [-0.4, -0.2) is 52.8 Å². The van der Waals surface area contributed by atoms with Gasteiger partial charge in [0.15, 0.2) is 0 Å². The maximum atomic E-state index is 12.9. The quantitative estimate of drug-likeness (QED) is 0.520. The minimum atomic E-state index is -3.82. The summed E-state index contributed by atoms with van der Waals surface area (Å²) < 4.78 is 44.6. The summed E-state index contributed by atoms with van der Waals surface area (Å²) in [6, 6.07) is 5.81. The average Bonchev–Trinajstić information content (AvgIpc) is 2.76. The molecular formula is C24H35NO7S. The van der Waals surface area contributed by atoms with Crippen LogP contribution in [0.25, 0.3) is 0 Å². The van der Waals surface area contributed by atoms with Gasteiger partial charge in [-0.15, -0.1) is 0 Å². The summed E-state index contributed by atoms with van der Waals surface area (Å²) in [4.78, 5) is 24.5. The number of carbonyl (C=O) groups excluding carboxylic acids is 2. The van der Waals surface area contributed by atoms with E-state index in [9.17, 15) is 18.0 Å². The highest BCUT2D eigenvalue weighted by Crippen LogP contribution is 2.18. The molecule has 2 rings (SSSR count). The third-order valence-corrected chi connectivity index (χ3v) is 7.31. The first kappa shape index (κ1) is 27.0. The third kappa shape index (κ3) is 8.91. The lowest BCUT2D eigenvalue weighted by molar-refractivity contribution is -0.147. The van der Waals surface area contributed by atoms with E-state index in [0.717, 1.165) is 5.56 Å². The molecule has 1 heterocycles. The molecule has 1 aromatic carbocycles. The zero-order valence-corrected chi connectivity index (χ0v) is 20.6. The van der Waals surface area contributed by atoms with E-state index in [4.69, 9.17) is 14.2 Å². The standard InChI is InChI=1S/C24H35NO7S/c1-17-11-13-20(14-12-17)33(28,29)25-21-15-31-23(26)10-6-8-19(3)22(30-4)16-32-24(27)9-5-7-18(21)2/h5,7,11-14,18-19,21-22,25H,6,8-10,15-16H2,1-4H3/t18-,19+,21-,22-/m1/s1. The van der Waals surface area contributed by atoms with Gasteiger partial charge in [0.1, 0.15) is 13.2 Å². The number of sulfonamides is 1. The van der Waals surface area contributed by atoms with Gasteiger partial charge in [0.05, 0.1) is 23.5 Å². The molecular weight excluding hydrogens is 446 g/mol. The number of cyclic esters (lactones) is 2. The maximum Gasteiger partial charge on any atom is 0.309 e. The normalized spacial score (nSPS) is 26.4. The Labute approximate surface area is 196 Å². The summed E-state index contributed by atoms with van der Waals surface area (Å²) >= 11 is 0. The van der Waals surface area contributed by atoms with Crippen LogP contribution >= 0.6 is 0 Å². The van der Waals surface area contributed by atoms with Crippen LogP contribution in [0.4, 0.5) is 0 Å². The molecule has 1 aromatic rings. The molecule has 1 aliphatic rings. The molecule has 0 fully saturated rings. The highest BCUT2D eigenvalue weighted by Gasteiger charge is 2.25. The van der Waals surface area contributed by atoms with Gasteiger partial charge in [-0.25, -0.2) is 13.1 Å². The molecule has 4 atom stereocenters. The summed E-state index contributed by atoms with van der Waals surface area (Å²) in [5.74, 6) is -1.02. The van der Waals surface area contributed by atoms with E-state index >= 15 is 0 Å². The van der Waals surface area contributed by atoms with E-state index in [2.05, 4.69) is 4.72 Å². The zero-order chi connectivity index (χ0) is 24.4. The third-order valence-electron chi connectivity index (χ3n) is 5.81. The van der Waals surface area contributed by atoms with E-state index < -0.39 is 16.1 Å². The van der Waals surface area contributed by atoms with Crippen molar-refractivity contribution in [3.05, 3.63) is 42.0 Å². The van der Waals surface area contributed by atoms with Gasteiger partial charge in [-0.3, -0.25) is 9.59 Å². The van der Waals surface area contributed by atoms with Gasteiger partial charge in [0, 0.05) is 13.5 Å². The van der Waals surface area contributed by atoms with Crippen LogP contribution in [0.2, 0.25) is 0 Å². The summed E-state index contributed by atoms with van der Waals surface area (Å²) in [7, 11) is -2.25. The van der Waals surface area contributed by atoms with Crippen molar-refractivity contribution in [2.75, 3.05) is 20.3 Å². The molecule has 1 N–H and O–H groups in total. The topological polar surface area (TPSA) is 108 Å². The Bertz CT molecular complexity index is 911. The second-order valence-electron chi connectivity index (χ2n) is 8.54. The number of nitrogens with one attached hydrogen (secondary N) is 1. The lowest BCUT2D eigenvalue weighted by Crippen LogP contribution is -2.42. The lowest BCUT2D eigenvalue weighted by Gasteiger charge is -2.24. The van der Waals surface area contributed by atoms with E-state index in [1.54, 1.807) is 38.3 Å². The molecule has 0 spiro atoms. The molecule has 184 valence electrons. The fraction of sp³-hybridized carbons (Fsp3) is 0.583. The Balaban J connectivity index is 2.17. The van der Waals surface area contributed by atoms with Crippen molar-refractivity contribution >= 4 is 22.0 Å². The van der Waals surface area contributed by atoms with Crippen molar-refractivity contribution in [1.82, 2.24) is 4.72 Å². The second-order valence-corrected chi connectivity index (χ2v) is 10.3. The van der Waals surface area contributed by atoms with Crippen molar-refractivity contribution in [3.8, 4) is 0 Å². The Hall–Kier alpha value is -2.23. The second kappa shape index (κ2) is 12.9. The Kier molecular flexibility index (Phi) is 10.5. The fourth-order valence-corrected chi connectivity index (χ4v) is 4.81. The summed E-state index contributed by atoms with van der Waals surface area (Å²) in [6.45, 7) is 5.68. The van der Waals surface area contributed by atoms with Crippen LogP contribution in [0.15, 0.2) is 41.3 Å². The summed E-state index contributed by atoms with van der Waals surface area (Å²) in [5.41, 5.74) is 0.946. The van der Waals surface area contributed by atoms with Crippen molar-refractivity contribution < 1.29 is 32.2 Å². The number of hydrogen-bond donors (Lipinski definition) is 1. The maximum absolute atomic E-state index is 12.9. The highest BCUT2D eigenvalue weighted by atomic mass is 32.2. The zero-order valence-electron chi connectivity index (χ0n) is 19.8. The predicted octanol–water partition coefficient (Wildman–Crippen LogP) is 3.15. The summed E-state index contributed by atoms with van der Waals surface area (Å²) in [5, 5.41) is 0. The van der Waals surface area contributed by atoms with Gasteiger partial charge in [-0.2, -0.15) is 0 Å². The molecule has 0 bridgehead atoms. The lowest BCUT2D eigenvalue weighted by atomic mass is 9.98. The van der Waals surface area contributed by atoms with Crippen LogP contribution in [-0.2, 0) is 33.8 Å². The van der Waals surface area contributed by atoms with Gasteiger partial charge in [-0.05, 0) is 43.7 Å². The Morgan fingerprint density at radius 2 is 1.70 bits per heavy atom. The molecule has 0 amide bonds. The van der Waals surface area contributed by atoms with Crippen molar-refractivity contribution in [2.24, 2.45) is 11.8 Å². The number of hydrogen-bond acceptors (Lipinski definition) is 7. The van der Waals surface area contributed by atoms with Gasteiger partial charge in [0.25, 0.3) is 0 Å². The molecule has 8 nitrogen and oxygen atoms in total. The molecule has 1 aliphatic heterocycles. The first-order valence-corrected chi connectivity index (χ1v) is 12.7. The first-order chi connectivity index (χ1) is 15.6. The molecule has 0 radical (unpaired) electrons. The molecule has 0 unspecified atom stereocenters. The van der Waals surface area contributed by atoms with Crippen LogP contribution in [0.5, 0.6) is 0 Å². The van der Waals surface area contributed by atoms with Crippen LogP contribution < -0.4 is 4.72 Å². The number of methoxy groups -OCH3 is 1. The highest BCUT2D eigenvalue weighted by molar-refractivity contribution is 7.89. The molecule has 0 saturated carbocycles. The van der Waals surface area contributed by atoms with E-state index in [1.807, 2.05) is 13.8 Å². The van der Waals surface area contributed by atoms with Crippen molar-refractivity contribution in [3.63, 3.8) is 0 Å². The SMILES string of the molecule is CO[C@@H]1COC(=O)CC=C[C@@H](C)[C@H](NS(=O)(=O)c2ccc(C)cc2)COC(=O)CCC[C@@H]1C. The molecule has 9 heteroatoms. The van der Waals surface area contributed by atoms with E-state index in [-0.39, 0.29) is 60.8 Å². The number of aryl methyl sites for hydroxylation is 1. The van der Waals surface area contributed by atoms with Gasteiger partial charge < -0.3 is 14.2 Å². The Morgan fingerprint density at radius 1 is 1.03 bits per heavy atom. The van der Waals surface area contributed by atoms with Crippen molar-refractivity contribution in [1.29, 1.82) is 0 Å². The minimum absolute atomic E-state index is 0.0480. The first-order valence-electron chi connectivity index (χ1n) is 11.2. The predicted molar refractivity (Wildman–Crippen MR) is 124 cm³/mol. The minimum Gasteiger partial charge on any atom is -0.464 e. The molecule has 0 aromatic heterocycles. The monoisotopic (exact) mass is 481 g/mol. The van der Waals surface area contributed by atoms with Gasteiger partial charge >= 0.3 is 11.9 Å². The fourth-order valence-electron chi connectivity index (χ4n) is 3.50. The molecule has 33 heavy (non-hydrogen) atoms. The number of carbonyl (C=O) groups is 2. The number of rotatable bonds is 4. The van der Waals surface area contributed by atoms with E-state index in [1.165, 1.54) is 12.1 Å². The van der Waals surface area contributed by atoms with Crippen LogP contribution in [0, 0.1) is 18.8 Å². The van der Waals surface area contributed by atoms with Crippen LogP contribution in [0.1, 0.15) is 45.1 Å². The molecule has 0 saturated heterocycles. The van der Waals surface area contributed by atoms with Crippen LogP contribution in [0.3, 0.4) is 0 Å². The van der Waals surface area contributed by atoms with Gasteiger partial charge in [0.2, 0.25) is 10.0 Å². The number of esters is 2. The number of ether oxygens (including phenoxy) is 3. The Morgan fingerprint density at radius 3 is 2.36 bits per heavy atom. The average molecular weight is 482 g/mol. The molecule has 0 aliphatic carbocycles. The summed E-state index contributed by atoms with van der Waals surface area (Å²) in [6.07, 6.45) is 4.66. The van der Waals surface area contributed by atoms with E-state index in [0.29, 0.717) is 12.8 Å². The number of benzene rings is 1.